The van der Waals surface area contributed by atoms with Crippen LogP contribution < -0.4 is 10.9 Å². The van der Waals surface area contributed by atoms with Crippen LogP contribution in [-0.4, -0.2) is 21.2 Å². The number of thiophene rings is 1. The van der Waals surface area contributed by atoms with Crippen molar-refractivity contribution < 1.29 is 4.79 Å². The van der Waals surface area contributed by atoms with Gasteiger partial charge in [0.2, 0.25) is 5.91 Å². The Morgan fingerprint density at radius 1 is 1.29 bits per heavy atom. The molecule has 1 aromatic carbocycles. The summed E-state index contributed by atoms with van der Waals surface area (Å²) in [6, 6.07) is 9.61. The quantitative estimate of drug-likeness (QED) is 0.561. The summed E-state index contributed by atoms with van der Waals surface area (Å²) < 4.78 is 2.13. The summed E-state index contributed by atoms with van der Waals surface area (Å²) in [6.07, 6.45) is 0.967. The molecule has 2 aromatic heterocycles. The number of aromatic nitrogens is 2. The Morgan fingerprint density at radius 2 is 2.04 bits per heavy atom. The molecule has 0 bridgehead atoms. The smallest absolute Gasteiger partial charge is 0.271 e. The fraction of sp³-hybridized carbons (Fsp3) is 0.235. The average Bonchev–Trinajstić information content (AvgIpc) is 3.06. The van der Waals surface area contributed by atoms with Crippen molar-refractivity contribution in [2.24, 2.45) is 7.05 Å². The Morgan fingerprint density at radius 3 is 2.75 bits per heavy atom. The van der Waals surface area contributed by atoms with Gasteiger partial charge >= 0.3 is 0 Å². The fourth-order valence-electron chi connectivity index (χ4n) is 2.25. The number of hydrogen-bond acceptors (Lipinski definition) is 5. The van der Waals surface area contributed by atoms with Crippen molar-refractivity contribution >= 4 is 44.9 Å². The van der Waals surface area contributed by atoms with Gasteiger partial charge < -0.3 is 5.32 Å². The number of thioether (sulfide) groups is 1. The van der Waals surface area contributed by atoms with Gasteiger partial charge in [-0.2, -0.15) is 0 Å². The van der Waals surface area contributed by atoms with Gasteiger partial charge in [-0.1, -0.05) is 30.8 Å². The molecular formula is C17H17N3O2S2. The number of anilines is 1. The maximum atomic E-state index is 12.2. The highest BCUT2D eigenvalue weighted by atomic mass is 32.2. The first kappa shape index (κ1) is 16.7. The Bertz CT molecular complexity index is 929. The van der Waals surface area contributed by atoms with E-state index in [-0.39, 0.29) is 17.2 Å². The molecule has 5 nitrogen and oxygen atoms in total. The van der Waals surface area contributed by atoms with Crippen LogP contribution in [0.25, 0.3) is 10.2 Å². The summed E-state index contributed by atoms with van der Waals surface area (Å²) in [5.41, 5.74) is 2.60. The van der Waals surface area contributed by atoms with Gasteiger partial charge in [-0.25, -0.2) is 4.98 Å². The number of nitrogens with zero attached hydrogens (tertiary/aromatic N) is 2. The van der Waals surface area contributed by atoms with Crippen LogP contribution in [0.5, 0.6) is 0 Å². The Kier molecular flexibility index (Phi) is 5.01. The fourth-order valence-corrected chi connectivity index (χ4v) is 3.82. The highest BCUT2D eigenvalue weighted by Crippen LogP contribution is 2.20. The van der Waals surface area contributed by atoms with E-state index < -0.39 is 0 Å². The van der Waals surface area contributed by atoms with Gasteiger partial charge in [0.15, 0.2) is 5.16 Å². The zero-order valence-corrected chi connectivity index (χ0v) is 15.0. The van der Waals surface area contributed by atoms with Gasteiger partial charge in [0.1, 0.15) is 4.70 Å². The molecule has 0 saturated heterocycles. The van der Waals surface area contributed by atoms with Crippen molar-refractivity contribution in [2.45, 2.75) is 18.5 Å². The van der Waals surface area contributed by atoms with E-state index in [1.165, 1.54) is 33.2 Å². The second kappa shape index (κ2) is 7.19. The zero-order valence-electron chi connectivity index (χ0n) is 13.4. The summed E-state index contributed by atoms with van der Waals surface area (Å²) in [4.78, 5) is 28.8. The van der Waals surface area contributed by atoms with Gasteiger partial charge in [0.25, 0.3) is 5.56 Å². The van der Waals surface area contributed by atoms with Crippen LogP contribution >= 0.6 is 23.1 Å². The van der Waals surface area contributed by atoms with Crippen LogP contribution in [0.15, 0.2) is 45.7 Å². The summed E-state index contributed by atoms with van der Waals surface area (Å²) in [7, 11) is 1.68. The first-order valence-corrected chi connectivity index (χ1v) is 9.41. The van der Waals surface area contributed by atoms with Gasteiger partial charge in [0, 0.05) is 12.7 Å². The molecule has 0 aliphatic heterocycles. The summed E-state index contributed by atoms with van der Waals surface area (Å²) in [6.45, 7) is 2.09. The van der Waals surface area contributed by atoms with E-state index in [4.69, 9.17) is 0 Å². The molecule has 124 valence electrons. The molecule has 24 heavy (non-hydrogen) atoms. The molecule has 1 N–H and O–H groups in total. The van der Waals surface area contributed by atoms with Gasteiger partial charge in [-0.15, -0.1) is 11.3 Å². The van der Waals surface area contributed by atoms with Crippen molar-refractivity contribution in [3.63, 3.8) is 0 Å². The lowest BCUT2D eigenvalue weighted by molar-refractivity contribution is -0.113. The number of benzene rings is 1. The maximum Gasteiger partial charge on any atom is 0.271 e. The second-order valence-corrected chi connectivity index (χ2v) is 7.14. The lowest BCUT2D eigenvalue weighted by atomic mass is 10.1. The number of carbonyl (C=O) groups is 1. The molecule has 1 amide bonds. The number of amides is 1. The van der Waals surface area contributed by atoms with E-state index in [1.54, 1.807) is 7.05 Å². The Labute approximate surface area is 147 Å². The standard InChI is InChI=1S/C17H17N3O2S2/c1-3-11-4-6-12(7-5-11)18-14(21)10-24-17-19-13-8-9-23-15(13)16(22)20(17)2/h4-9H,3,10H2,1-2H3,(H,18,21). The van der Waals surface area contributed by atoms with E-state index in [0.29, 0.717) is 15.4 Å². The van der Waals surface area contributed by atoms with Crippen molar-refractivity contribution in [1.82, 2.24) is 9.55 Å². The third-order valence-corrected chi connectivity index (χ3v) is 5.55. The number of nitrogens with one attached hydrogen (secondary N) is 1. The first-order valence-electron chi connectivity index (χ1n) is 7.54. The lowest BCUT2D eigenvalue weighted by Crippen LogP contribution is -2.20. The van der Waals surface area contributed by atoms with Crippen LogP contribution in [0.3, 0.4) is 0 Å². The molecule has 7 heteroatoms. The number of rotatable bonds is 5. The molecule has 2 heterocycles. The maximum absolute atomic E-state index is 12.2. The predicted octanol–water partition coefficient (Wildman–Crippen LogP) is 3.29. The topological polar surface area (TPSA) is 64.0 Å². The highest BCUT2D eigenvalue weighted by molar-refractivity contribution is 7.99. The molecule has 0 spiro atoms. The van der Waals surface area contributed by atoms with Crippen LogP contribution in [0.2, 0.25) is 0 Å². The first-order chi connectivity index (χ1) is 11.6. The predicted molar refractivity (Wildman–Crippen MR) is 100 cm³/mol. The number of carbonyl (C=O) groups excluding carboxylic acids is 1. The molecule has 3 aromatic rings. The van der Waals surface area contributed by atoms with E-state index in [2.05, 4.69) is 17.2 Å². The molecule has 0 unspecified atom stereocenters. The minimum Gasteiger partial charge on any atom is -0.325 e. The van der Waals surface area contributed by atoms with Gasteiger partial charge in [0.05, 0.1) is 11.3 Å². The van der Waals surface area contributed by atoms with Crippen LogP contribution in [0.4, 0.5) is 5.69 Å². The minimum atomic E-state index is -0.121. The average molecular weight is 359 g/mol. The van der Waals surface area contributed by atoms with E-state index >= 15 is 0 Å². The van der Waals surface area contributed by atoms with E-state index in [1.807, 2.05) is 35.7 Å². The second-order valence-electron chi connectivity index (χ2n) is 5.28. The summed E-state index contributed by atoms with van der Waals surface area (Å²) in [5.74, 6) is 0.0785. The molecule has 0 radical (unpaired) electrons. The van der Waals surface area contributed by atoms with Crippen LogP contribution in [0.1, 0.15) is 12.5 Å². The van der Waals surface area contributed by atoms with Gasteiger partial charge in [-0.05, 0) is 35.6 Å². The lowest BCUT2D eigenvalue weighted by Gasteiger charge is -2.08. The van der Waals surface area contributed by atoms with Crippen LogP contribution in [-0.2, 0) is 18.3 Å². The largest absolute Gasteiger partial charge is 0.325 e. The summed E-state index contributed by atoms with van der Waals surface area (Å²) >= 11 is 2.64. The zero-order chi connectivity index (χ0) is 17.1. The van der Waals surface area contributed by atoms with E-state index in [0.717, 1.165) is 12.1 Å². The third kappa shape index (κ3) is 3.52. The van der Waals surface area contributed by atoms with Gasteiger partial charge in [-0.3, -0.25) is 14.2 Å². The van der Waals surface area contributed by atoms with Crippen molar-refractivity contribution in [2.75, 3.05) is 11.1 Å². The monoisotopic (exact) mass is 359 g/mol. The van der Waals surface area contributed by atoms with Crippen molar-refractivity contribution in [1.29, 1.82) is 0 Å². The summed E-state index contributed by atoms with van der Waals surface area (Å²) in [5, 5.41) is 5.25. The van der Waals surface area contributed by atoms with Crippen molar-refractivity contribution in [3.05, 3.63) is 51.6 Å². The SMILES string of the molecule is CCc1ccc(NC(=O)CSc2nc3ccsc3c(=O)n2C)cc1. The molecule has 0 aliphatic carbocycles. The Balaban J connectivity index is 1.67. The Hall–Kier alpha value is -2.12. The molecule has 3 rings (SSSR count). The molecule has 0 atom stereocenters. The number of aryl methyl sites for hydroxylation is 1. The van der Waals surface area contributed by atoms with E-state index in [9.17, 15) is 9.59 Å². The highest BCUT2D eigenvalue weighted by Gasteiger charge is 2.11. The number of fused-ring (bicyclic) bond motifs is 1. The molecular weight excluding hydrogens is 342 g/mol. The molecule has 0 saturated carbocycles. The molecule has 0 fully saturated rings. The third-order valence-electron chi connectivity index (χ3n) is 3.62. The minimum absolute atomic E-state index is 0.0759. The molecule has 0 aliphatic rings. The normalized spacial score (nSPS) is 10.9. The van der Waals surface area contributed by atoms with Crippen LogP contribution in [0, 0.1) is 0 Å². The van der Waals surface area contributed by atoms with Crippen molar-refractivity contribution in [3.8, 4) is 0 Å². The number of hydrogen-bond donors (Lipinski definition) is 1.